The molecule has 5 rings (SSSR count). The first-order chi connectivity index (χ1) is 15.5. The van der Waals surface area contributed by atoms with Gasteiger partial charge in [0, 0.05) is 17.4 Å². The normalized spacial score (nSPS) is 11.5. The van der Waals surface area contributed by atoms with Gasteiger partial charge in [-0.15, -0.1) is 15.2 Å². The van der Waals surface area contributed by atoms with E-state index in [0.29, 0.717) is 0 Å². The average molecular weight is 449 g/mol. The maximum Gasteiger partial charge on any atom is 0.291 e. The lowest BCUT2D eigenvalue weighted by atomic mass is 9.98. The first-order valence-electron chi connectivity index (χ1n) is 9.50. The Balaban J connectivity index is 0.000000567. The van der Waals surface area contributed by atoms with Gasteiger partial charge in [0.2, 0.25) is 0 Å². The number of rotatable bonds is 4. The first kappa shape index (κ1) is 21.0. The summed E-state index contributed by atoms with van der Waals surface area (Å²) in [6.07, 6.45) is 5.59. The van der Waals surface area contributed by atoms with Crippen LogP contribution in [0.3, 0.4) is 0 Å². The van der Waals surface area contributed by atoms with E-state index in [4.69, 9.17) is 26.9 Å². The third-order valence-electron chi connectivity index (χ3n) is 4.79. The summed E-state index contributed by atoms with van der Waals surface area (Å²) < 4.78 is 3.95. The fourth-order valence-corrected chi connectivity index (χ4v) is 3.60. The number of halogens is 1. The molecule has 0 aliphatic rings. The van der Waals surface area contributed by atoms with Crippen molar-refractivity contribution in [2.45, 2.75) is 6.04 Å². The van der Waals surface area contributed by atoms with E-state index in [9.17, 15) is 0 Å². The van der Waals surface area contributed by atoms with Crippen LogP contribution in [0.25, 0.3) is 16.7 Å². The van der Waals surface area contributed by atoms with Crippen LogP contribution in [0.4, 0.5) is 0 Å². The molecule has 1 atom stereocenters. The molecule has 0 amide bonds. The molecule has 10 heteroatoms. The largest absolute Gasteiger partial charge is 0.328 e. The van der Waals surface area contributed by atoms with Crippen LogP contribution in [0.1, 0.15) is 17.2 Å². The minimum atomic E-state index is -1.50. The van der Waals surface area contributed by atoms with E-state index >= 15 is 0 Å². The van der Waals surface area contributed by atoms with Crippen LogP contribution in [0.15, 0.2) is 91.5 Å². The highest BCUT2D eigenvalue weighted by molar-refractivity contribution is 6.30. The van der Waals surface area contributed by atoms with Crippen molar-refractivity contribution in [2.24, 2.45) is 0 Å². The monoisotopic (exact) mass is 448 g/mol. The van der Waals surface area contributed by atoms with Crippen molar-refractivity contribution in [3.63, 3.8) is 0 Å². The predicted molar refractivity (Wildman–Crippen MR) is 119 cm³/mol. The van der Waals surface area contributed by atoms with E-state index in [1.165, 1.54) is 0 Å². The zero-order valence-electron chi connectivity index (χ0n) is 16.6. The number of hydrogen-bond donors (Lipinski definition) is 1. The van der Waals surface area contributed by atoms with Crippen molar-refractivity contribution in [1.82, 2.24) is 24.5 Å². The van der Waals surface area contributed by atoms with Crippen LogP contribution in [-0.2, 0) is 0 Å². The number of para-hydroxylation sites is 1. The molecule has 1 N–H and O–H groups in total. The number of benzene rings is 3. The molecule has 32 heavy (non-hydrogen) atoms. The second kappa shape index (κ2) is 9.27. The van der Waals surface area contributed by atoms with Crippen molar-refractivity contribution < 1.29 is 10.3 Å². The fourth-order valence-electron chi connectivity index (χ4n) is 3.47. The zero-order chi connectivity index (χ0) is 22.5. The molecule has 160 valence electrons. The highest BCUT2D eigenvalue weighted by Gasteiger charge is 2.18. The number of nitrogens with zero attached hydrogens (tertiary/aromatic N) is 6. The van der Waals surface area contributed by atoms with E-state index in [1.807, 2.05) is 77.9 Å². The molecule has 0 saturated heterocycles. The molecule has 5 aromatic rings. The van der Waals surface area contributed by atoms with Gasteiger partial charge in [0.25, 0.3) is 5.09 Å². The first-order valence-corrected chi connectivity index (χ1v) is 9.87. The Morgan fingerprint density at radius 2 is 1.69 bits per heavy atom. The third kappa shape index (κ3) is 4.57. The van der Waals surface area contributed by atoms with Gasteiger partial charge in [-0.1, -0.05) is 53.2 Å². The lowest BCUT2D eigenvalue weighted by molar-refractivity contribution is -0.742. The topological polar surface area (TPSA) is 112 Å². The maximum absolute atomic E-state index is 8.36. The molecule has 0 spiro atoms. The summed E-state index contributed by atoms with van der Waals surface area (Å²) in [5, 5.41) is 23.0. The number of hydrogen-bond acceptors (Lipinski definition) is 5. The molecule has 0 saturated carbocycles. The van der Waals surface area contributed by atoms with Crippen LogP contribution in [0.5, 0.6) is 0 Å². The summed E-state index contributed by atoms with van der Waals surface area (Å²) in [6.45, 7) is 0. The van der Waals surface area contributed by atoms with Crippen molar-refractivity contribution >= 4 is 22.6 Å². The van der Waals surface area contributed by atoms with Gasteiger partial charge < -0.3 is 9.77 Å². The SMILES string of the molecule is Clc1ccc(C(c2ccc3nnn(-c4ccccc4)c3c2)n2ccnc2)cc1.O=[N+]([O-])O. The smallest absolute Gasteiger partial charge is 0.291 e. The highest BCUT2D eigenvalue weighted by Crippen LogP contribution is 2.30. The summed E-state index contributed by atoms with van der Waals surface area (Å²) in [6, 6.07) is 24.2. The van der Waals surface area contributed by atoms with Gasteiger partial charge in [0.05, 0.1) is 23.6 Å². The molecule has 1 unspecified atom stereocenters. The van der Waals surface area contributed by atoms with Crippen LogP contribution in [0, 0.1) is 10.1 Å². The Kier molecular flexibility index (Phi) is 6.09. The minimum Gasteiger partial charge on any atom is -0.328 e. The molecule has 0 radical (unpaired) electrons. The zero-order valence-corrected chi connectivity index (χ0v) is 17.3. The van der Waals surface area contributed by atoms with Gasteiger partial charge >= 0.3 is 0 Å². The molecule has 3 aromatic carbocycles. The maximum atomic E-state index is 8.36. The summed E-state index contributed by atoms with van der Waals surface area (Å²) in [5.41, 5.74) is 5.04. The summed E-state index contributed by atoms with van der Waals surface area (Å²) in [7, 11) is 0. The Hall–Kier alpha value is -4.24. The van der Waals surface area contributed by atoms with Crippen molar-refractivity contribution in [1.29, 1.82) is 0 Å². The van der Waals surface area contributed by atoms with E-state index in [-0.39, 0.29) is 6.04 Å². The Labute approximate surface area is 187 Å². The summed E-state index contributed by atoms with van der Waals surface area (Å²) in [4.78, 5) is 12.6. The second-order valence-electron chi connectivity index (χ2n) is 6.79. The molecule has 0 aliphatic heterocycles. The number of imidazole rings is 1. The van der Waals surface area contributed by atoms with Gasteiger partial charge in [-0.2, -0.15) is 0 Å². The van der Waals surface area contributed by atoms with Crippen LogP contribution in [-0.4, -0.2) is 34.8 Å². The molecule has 9 nitrogen and oxygen atoms in total. The number of fused-ring (bicyclic) bond motifs is 1. The van der Waals surface area contributed by atoms with Gasteiger partial charge in [-0.3, -0.25) is 0 Å². The highest BCUT2D eigenvalue weighted by atomic mass is 35.5. The van der Waals surface area contributed by atoms with Gasteiger partial charge in [-0.25, -0.2) is 9.67 Å². The van der Waals surface area contributed by atoms with Gasteiger partial charge in [0.15, 0.2) is 0 Å². The van der Waals surface area contributed by atoms with Gasteiger partial charge in [-0.05, 0) is 47.5 Å². The fraction of sp³-hybridized carbons (Fsp3) is 0.0455. The van der Waals surface area contributed by atoms with E-state index in [1.54, 1.807) is 6.20 Å². The predicted octanol–water partition coefficient (Wildman–Crippen LogP) is 4.56. The number of aromatic nitrogens is 5. The van der Waals surface area contributed by atoms with E-state index in [0.717, 1.165) is 32.9 Å². The third-order valence-corrected chi connectivity index (χ3v) is 5.05. The van der Waals surface area contributed by atoms with Crippen LogP contribution < -0.4 is 0 Å². The summed E-state index contributed by atoms with van der Waals surface area (Å²) >= 11 is 6.10. The van der Waals surface area contributed by atoms with Crippen molar-refractivity contribution in [2.75, 3.05) is 0 Å². The van der Waals surface area contributed by atoms with Crippen molar-refractivity contribution in [3.8, 4) is 5.69 Å². The lowest BCUT2D eigenvalue weighted by Gasteiger charge is -2.20. The minimum absolute atomic E-state index is 0.0247. The molecular weight excluding hydrogens is 432 g/mol. The van der Waals surface area contributed by atoms with Crippen LogP contribution >= 0.6 is 11.6 Å². The second-order valence-corrected chi connectivity index (χ2v) is 7.22. The van der Waals surface area contributed by atoms with E-state index < -0.39 is 5.09 Å². The summed E-state index contributed by atoms with van der Waals surface area (Å²) in [5.74, 6) is 0. The molecule has 2 aromatic heterocycles. The Bertz CT molecular complexity index is 1320. The lowest BCUT2D eigenvalue weighted by Crippen LogP contribution is -2.10. The molecule has 0 aliphatic carbocycles. The standard InChI is InChI=1S/C22H16ClN5.HNO3/c23-18-9-6-16(7-10-18)22(27-13-12-24-15-27)17-8-11-20-21(14-17)28(26-25-20)19-4-2-1-3-5-19;2-1(3)4/h1-15,22H;(H,2,3,4). The Morgan fingerprint density at radius 3 is 2.34 bits per heavy atom. The van der Waals surface area contributed by atoms with Gasteiger partial charge in [0.1, 0.15) is 5.52 Å². The van der Waals surface area contributed by atoms with Crippen LogP contribution in [0.2, 0.25) is 5.02 Å². The quantitative estimate of drug-likeness (QED) is 0.318. The molecule has 0 fully saturated rings. The molecule has 0 bridgehead atoms. The Morgan fingerprint density at radius 1 is 1.00 bits per heavy atom. The molecule has 2 heterocycles. The van der Waals surface area contributed by atoms with Crippen molar-refractivity contribution in [3.05, 3.63) is 118 Å². The van der Waals surface area contributed by atoms with E-state index in [2.05, 4.69) is 32.0 Å². The molecular formula is C22H17ClN6O3. The average Bonchev–Trinajstić information content (AvgIpc) is 3.46.